The van der Waals surface area contributed by atoms with Crippen LogP contribution in [0.15, 0.2) is 35.3 Å². The van der Waals surface area contributed by atoms with Crippen molar-refractivity contribution in [3.8, 4) is 0 Å². The minimum Gasteiger partial charge on any atom is -0.444 e. The zero-order valence-corrected chi connectivity index (χ0v) is 18.1. The van der Waals surface area contributed by atoms with E-state index in [2.05, 4.69) is 40.0 Å². The quantitative estimate of drug-likeness (QED) is 0.262. The summed E-state index contributed by atoms with van der Waals surface area (Å²) in [4.78, 5) is 16.1. The van der Waals surface area contributed by atoms with E-state index >= 15 is 0 Å². The van der Waals surface area contributed by atoms with Gasteiger partial charge < -0.3 is 20.7 Å². The standard InChI is InChI=1S/C18H30N4O2.HI/c1-6-19-16(22-14(2)15-10-8-7-9-11-15)20-12-13-21-17(23)24-18(3,4)5;/h7-11,14H,6,12-13H2,1-5H3,(H,21,23)(H2,19,20,22);1H. The molecule has 0 saturated heterocycles. The molecule has 0 spiro atoms. The molecule has 0 saturated carbocycles. The molecule has 1 amide bonds. The molecule has 7 heteroatoms. The normalized spacial score (nSPS) is 12.6. The summed E-state index contributed by atoms with van der Waals surface area (Å²) < 4.78 is 5.18. The van der Waals surface area contributed by atoms with Crippen molar-refractivity contribution in [2.45, 2.75) is 46.3 Å². The van der Waals surface area contributed by atoms with E-state index in [-0.39, 0.29) is 30.0 Å². The molecule has 1 aromatic rings. The second kappa shape index (κ2) is 11.9. The van der Waals surface area contributed by atoms with Gasteiger partial charge in [-0.15, -0.1) is 24.0 Å². The van der Waals surface area contributed by atoms with Crippen molar-refractivity contribution in [3.63, 3.8) is 0 Å². The first-order valence-electron chi connectivity index (χ1n) is 8.38. The van der Waals surface area contributed by atoms with Crippen molar-refractivity contribution in [1.82, 2.24) is 16.0 Å². The Kier molecular flexibility index (Phi) is 11.2. The van der Waals surface area contributed by atoms with Gasteiger partial charge in [-0.05, 0) is 40.2 Å². The lowest BCUT2D eigenvalue weighted by atomic mass is 10.1. The highest BCUT2D eigenvalue weighted by Crippen LogP contribution is 2.10. The van der Waals surface area contributed by atoms with E-state index in [1.54, 1.807) is 0 Å². The van der Waals surface area contributed by atoms with Crippen LogP contribution >= 0.6 is 24.0 Å². The first kappa shape index (κ1) is 23.5. The summed E-state index contributed by atoms with van der Waals surface area (Å²) in [5, 5.41) is 9.26. The first-order valence-corrected chi connectivity index (χ1v) is 8.38. The number of aliphatic imine (C=N–C) groups is 1. The Morgan fingerprint density at radius 1 is 1.20 bits per heavy atom. The fourth-order valence-corrected chi connectivity index (χ4v) is 1.99. The van der Waals surface area contributed by atoms with E-state index < -0.39 is 11.7 Å². The topological polar surface area (TPSA) is 74.8 Å². The van der Waals surface area contributed by atoms with Crippen LogP contribution < -0.4 is 16.0 Å². The summed E-state index contributed by atoms with van der Waals surface area (Å²) in [5.74, 6) is 0.722. The smallest absolute Gasteiger partial charge is 0.407 e. The molecule has 0 aromatic heterocycles. The lowest BCUT2D eigenvalue weighted by Gasteiger charge is -2.20. The van der Waals surface area contributed by atoms with E-state index in [0.717, 1.165) is 12.5 Å². The third kappa shape index (κ3) is 10.9. The van der Waals surface area contributed by atoms with Crippen LogP contribution in [0.4, 0.5) is 4.79 Å². The molecule has 6 nitrogen and oxygen atoms in total. The predicted molar refractivity (Wildman–Crippen MR) is 114 cm³/mol. The van der Waals surface area contributed by atoms with Crippen molar-refractivity contribution in [2.75, 3.05) is 19.6 Å². The lowest BCUT2D eigenvalue weighted by Crippen LogP contribution is -2.39. The average Bonchev–Trinajstić information content (AvgIpc) is 2.50. The van der Waals surface area contributed by atoms with E-state index in [1.807, 2.05) is 45.9 Å². The maximum Gasteiger partial charge on any atom is 0.407 e. The summed E-state index contributed by atoms with van der Waals surface area (Å²) in [5.41, 5.74) is 0.699. The Morgan fingerprint density at radius 3 is 2.40 bits per heavy atom. The van der Waals surface area contributed by atoms with Crippen molar-refractivity contribution < 1.29 is 9.53 Å². The van der Waals surface area contributed by atoms with E-state index in [0.29, 0.717) is 13.1 Å². The number of ether oxygens (including phenoxy) is 1. The number of hydrogen-bond acceptors (Lipinski definition) is 3. The highest BCUT2D eigenvalue weighted by atomic mass is 127. The summed E-state index contributed by atoms with van der Waals surface area (Å²) in [6.45, 7) is 11.3. The maximum atomic E-state index is 11.6. The number of benzene rings is 1. The van der Waals surface area contributed by atoms with Gasteiger partial charge in [0, 0.05) is 13.1 Å². The number of rotatable bonds is 6. The van der Waals surface area contributed by atoms with Gasteiger partial charge in [-0.1, -0.05) is 30.3 Å². The minimum atomic E-state index is -0.491. The molecule has 0 aliphatic heterocycles. The van der Waals surface area contributed by atoms with Crippen LogP contribution in [0.1, 0.15) is 46.2 Å². The molecule has 142 valence electrons. The molecular weight excluding hydrogens is 431 g/mol. The Morgan fingerprint density at radius 2 is 1.84 bits per heavy atom. The molecule has 25 heavy (non-hydrogen) atoms. The van der Waals surface area contributed by atoms with Crippen molar-refractivity contribution in [3.05, 3.63) is 35.9 Å². The second-order valence-corrected chi connectivity index (χ2v) is 6.47. The summed E-state index contributed by atoms with van der Waals surface area (Å²) >= 11 is 0. The highest BCUT2D eigenvalue weighted by Gasteiger charge is 2.15. The summed E-state index contributed by atoms with van der Waals surface area (Å²) in [7, 11) is 0. The minimum absolute atomic E-state index is 0. The van der Waals surface area contributed by atoms with Crippen LogP contribution in [0.25, 0.3) is 0 Å². The van der Waals surface area contributed by atoms with Crippen LogP contribution in [-0.4, -0.2) is 37.3 Å². The number of hydrogen-bond donors (Lipinski definition) is 3. The largest absolute Gasteiger partial charge is 0.444 e. The number of amides is 1. The maximum absolute atomic E-state index is 11.6. The zero-order valence-electron chi connectivity index (χ0n) is 15.8. The Labute approximate surface area is 168 Å². The SMILES string of the molecule is CCNC(=NCCNC(=O)OC(C)(C)C)NC(C)c1ccccc1.I. The van der Waals surface area contributed by atoms with Crippen molar-refractivity contribution in [1.29, 1.82) is 0 Å². The molecule has 1 aromatic carbocycles. The van der Waals surface area contributed by atoms with Crippen molar-refractivity contribution >= 4 is 36.0 Å². The molecular formula is C18H31IN4O2. The molecule has 0 fully saturated rings. The first-order chi connectivity index (χ1) is 11.3. The molecule has 1 atom stereocenters. The molecule has 0 radical (unpaired) electrons. The van der Waals surface area contributed by atoms with Crippen LogP contribution in [0.2, 0.25) is 0 Å². The summed E-state index contributed by atoms with van der Waals surface area (Å²) in [6.07, 6.45) is -0.423. The van der Waals surface area contributed by atoms with E-state index in [9.17, 15) is 4.79 Å². The fourth-order valence-electron chi connectivity index (χ4n) is 1.99. The van der Waals surface area contributed by atoms with Gasteiger partial charge in [0.1, 0.15) is 5.60 Å². The van der Waals surface area contributed by atoms with Gasteiger partial charge in [0.25, 0.3) is 0 Å². The third-order valence-electron chi connectivity index (χ3n) is 3.05. The number of carbonyl (C=O) groups is 1. The number of nitrogens with zero attached hydrogens (tertiary/aromatic N) is 1. The molecule has 1 rings (SSSR count). The van der Waals surface area contributed by atoms with Gasteiger partial charge in [-0.2, -0.15) is 0 Å². The number of guanidine groups is 1. The Bertz CT molecular complexity index is 530. The number of alkyl carbamates (subject to hydrolysis) is 1. The van der Waals surface area contributed by atoms with E-state index in [4.69, 9.17) is 4.74 Å². The monoisotopic (exact) mass is 462 g/mol. The van der Waals surface area contributed by atoms with Gasteiger partial charge in [0.15, 0.2) is 5.96 Å². The van der Waals surface area contributed by atoms with Gasteiger partial charge in [-0.25, -0.2) is 4.79 Å². The highest BCUT2D eigenvalue weighted by molar-refractivity contribution is 14.0. The molecule has 0 bridgehead atoms. The van der Waals surface area contributed by atoms with Gasteiger partial charge in [0.05, 0.1) is 12.6 Å². The Hall–Kier alpha value is -1.51. The van der Waals surface area contributed by atoms with Crippen LogP contribution in [0, 0.1) is 0 Å². The fraction of sp³-hybridized carbons (Fsp3) is 0.556. The summed E-state index contributed by atoms with van der Waals surface area (Å²) in [6, 6.07) is 10.3. The zero-order chi connectivity index (χ0) is 18.0. The van der Waals surface area contributed by atoms with Crippen LogP contribution in [0.3, 0.4) is 0 Å². The predicted octanol–water partition coefficient (Wildman–Crippen LogP) is 3.45. The average molecular weight is 462 g/mol. The lowest BCUT2D eigenvalue weighted by molar-refractivity contribution is 0.0529. The molecule has 3 N–H and O–H groups in total. The van der Waals surface area contributed by atoms with Crippen LogP contribution in [0.5, 0.6) is 0 Å². The molecule has 0 heterocycles. The second-order valence-electron chi connectivity index (χ2n) is 6.47. The van der Waals surface area contributed by atoms with Crippen molar-refractivity contribution in [2.24, 2.45) is 4.99 Å². The number of carbonyl (C=O) groups excluding carboxylic acids is 1. The third-order valence-corrected chi connectivity index (χ3v) is 3.05. The van der Waals surface area contributed by atoms with Gasteiger partial charge >= 0.3 is 6.09 Å². The number of halogens is 1. The van der Waals surface area contributed by atoms with E-state index in [1.165, 1.54) is 5.56 Å². The van der Waals surface area contributed by atoms with Crippen LogP contribution in [-0.2, 0) is 4.74 Å². The van der Waals surface area contributed by atoms with Gasteiger partial charge in [0.2, 0.25) is 0 Å². The Balaban J connectivity index is 0.00000576. The molecule has 1 unspecified atom stereocenters. The van der Waals surface area contributed by atoms with Gasteiger partial charge in [-0.3, -0.25) is 4.99 Å². The number of nitrogens with one attached hydrogen (secondary N) is 3. The molecule has 0 aliphatic rings. The molecule has 0 aliphatic carbocycles.